The number of thioether (sulfide) groups is 1. The van der Waals surface area contributed by atoms with Gasteiger partial charge in [0.1, 0.15) is 0 Å². The van der Waals surface area contributed by atoms with E-state index in [2.05, 4.69) is 22.8 Å². The van der Waals surface area contributed by atoms with E-state index in [0.29, 0.717) is 29.5 Å². The van der Waals surface area contributed by atoms with Gasteiger partial charge >= 0.3 is 12.0 Å². The molecule has 28 heavy (non-hydrogen) atoms. The highest BCUT2D eigenvalue weighted by molar-refractivity contribution is 8.00. The zero-order valence-corrected chi connectivity index (χ0v) is 17.6. The number of carbonyl (C=O) groups is 2. The number of hydrogen-bond acceptors (Lipinski definition) is 4. The molecule has 1 aromatic rings. The van der Waals surface area contributed by atoms with E-state index in [-0.39, 0.29) is 12.0 Å². The minimum absolute atomic E-state index is 0.276. The number of amides is 2. The van der Waals surface area contributed by atoms with E-state index < -0.39 is 6.04 Å². The maximum Gasteiger partial charge on any atom is 0.338 e. The van der Waals surface area contributed by atoms with Crippen LogP contribution in [0.1, 0.15) is 70.4 Å². The van der Waals surface area contributed by atoms with E-state index in [1.54, 1.807) is 6.92 Å². The normalized spacial score (nSPS) is 20.5. The van der Waals surface area contributed by atoms with E-state index >= 15 is 0 Å². The van der Waals surface area contributed by atoms with Gasteiger partial charge in [-0.2, -0.15) is 0 Å². The van der Waals surface area contributed by atoms with Crippen molar-refractivity contribution in [3.63, 3.8) is 0 Å². The fourth-order valence-electron chi connectivity index (χ4n) is 3.88. The molecule has 1 heterocycles. The van der Waals surface area contributed by atoms with E-state index in [9.17, 15) is 9.59 Å². The van der Waals surface area contributed by atoms with Gasteiger partial charge in [0.25, 0.3) is 0 Å². The Morgan fingerprint density at radius 2 is 1.86 bits per heavy atom. The fraction of sp³-hybridized carbons (Fsp3) is 0.545. The van der Waals surface area contributed by atoms with E-state index in [4.69, 9.17) is 4.74 Å². The van der Waals surface area contributed by atoms with E-state index in [1.807, 2.05) is 30.8 Å². The summed E-state index contributed by atoms with van der Waals surface area (Å²) in [7, 11) is 0. The molecule has 5 nitrogen and oxygen atoms in total. The Labute approximate surface area is 171 Å². The van der Waals surface area contributed by atoms with Crippen molar-refractivity contribution in [1.82, 2.24) is 10.6 Å². The van der Waals surface area contributed by atoms with E-state index in [0.717, 1.165) is 12.0 Å². The molecule has 1 aliphatic heterocycles. The molecule has 1 aromatic carbocycles. The summed E-state index contributed by atoms with van der Waals surface area (Å²) in [5, 5.41) is 6.39. The summed E-state index contributed by atoms with van der Waals surface area (Å²) in [6.45, 7) is 4.12. The Morgan fingerprint density at radius 3 is 2.50 bits per heavy atom. The molecule has 0 aromatic heterocycles. The van der Waals surface area contributed by atoms with Gasteiger partial charge in [-0.3, -0.25) is 0 Å². The summed E-state index contributed by atoms with van der Waals surface area (Å²) in [6.07, 6.45) is 8.04. The molecule has 0 bridgehead atoms. The molecule has 6 heteroatoms. The fourth-order valence-corrected chi connectivity index (χ4v) is 5.13. The highest BCUT2D eigenvalue weighted by Crippen LogP contribution is 2.35. The number of hydrogen-bond donors (Lipinski definition) is 2. The van der Waals surface area contributed by atoms with Crippen molar-refractivity contribution in [2.45, 2.75) is 75.0 Å². The first-order chi connectivity index (χ1) is 13.6. The van der Waals surface area contributed by atoms with Crippen LogP contribution in [0, 0.1) is 0 Å². The van der Waals surface area contributed by atoms with Crippen LogP contribution >= 0.6 is 11.8 Å². The van der Waals surface area contributed by atoms with Gasteiger partial charge in [0.05, 0.1) is 18.2 Å². The maximum atomic E-state index is 12.6. The largest absolute Gasteiger partial charge is 0.463 e. The molecule has 1 unspecified atom stereocenters. The number of esters is 1. The van der Waals surface area contributed by atoms with Crippen molar-refractivity contribution in [1.29, 1.82) is 0 Å². The first kappa shape index (κ1) is 20.8. The second-order valence-electron chi connectivity index (χ2n) is 7.34. The molecule has 1 atom stereocenters. The number of allylic oxidation sites excluding steroid dienone is 1. The van der Waals surface area contributed by atoms with Crippen molar-refractivity contribution < 1.29 is 14.3 Å². The molecule has 152 valence electrons. The zero-order chi connectivity index (χ0) is 19.9. The van der Waals surface area contributed by atoms with Gasteiger partial charge in [-0.25, -0.2) is 9.59 Å². The van der Waals surface area contributed by atoms with Crippen LogP contribution in [0.15, 0.2) is 40.4 Å². The number of rotatable bonds is 7. The summed E-state index contributed by atoms with van der Waals surface area (Å²) in [4.78, 5) is 26.0. The smallest absolute Gasteiger partial charge is 0.338 e. The van der Waals surface area contributed by atoms with Crippen molar-refractivity contribution in [3.05, 3.63) is 41.1 Å². The van der Waals surface area contributed by atoms with Gasteiger partial charge in [-0.1, -0.05) is 44.7 Å². The Morgan fingerprint density at radius 1 is 1.14 bits per heavy atom. The van der Waals surface area contributed by atoms with Gasteiger partial charge in [-0.05, 0) is 43.9 Å². The third-order valence-electron chi connectivity index (χ3n) is 5.22. The molecule has 3 rings (SSSR count). The second-order valence-corrected chi connectivity index (χ2v) is 8.71. The summed E-state index contributed by atoms with van der Waals surface area (Å²) >= 11 is 1.94. The van der Waals surface area contributed by atoms with Crippen LogP contribution in [0.2, 0.25) is 0 Å². The molecule has 0 spiro atoms. The zero-order valence-electron chi connectivity index (χ0n) is 16.8. The minimum Gasteiger partial charge on any atom is -0.463 e. The molecule has 0 radical (unpaired) electrons. The first-order valence-electron chi connectivity index (χ1n) is 10.4. The Bertz CT molecular complexity index is 724. The predicted molar refractivity (Wildman–Crippen MR) is 112 cm³/mol. The molecule has 1 fully saturated rings. The Hall–Kier alpha value is -1.95. The quantitative estimate of drug-likeness (QED) is 0.624. The van der Waals surface area contributed by atoms with Gasteiger partial charge < -0.3 is 15.4 Å². The maximum absolute atomic E-state index is 12.6. The number of benzene rings is 1. The number of carbonyl (C=O) groups excluding carboxylic acids is 2. The molecular formula is C22H30N2O3S. The number of urea groups is 1. The van der Waals surface area contributed by atoms with Crippen LogP contribution < -0.4 is 10.6 Å². The predicted octanol–water partition coefficient (Wildman–Crippen LogP) is 5.08. The Balaban J connectivity index is 1.83. The lowest BCUT2D eigenvalue weighted by Crippen LogP contribution is -2.46. The summed E-state index contributed by atoms with van der Waals surface area (Å²) in [5.74, 6) is -0.371. The van der Waals surface area contributed by atoms with Crippen LogP contribution in [0.4, 0.5) is 4.79 Å². The molecule has 0 saturated heterocycles. The third kappa shape index (κ3) is 5.10. The molecule has 1 aliphatic carbocycles. The monoisotopic (exact) mass is 402 g/mol. The van der Waals surface area contributed by atoms with E-state index in [1.165, 1.54) is 37.0 Å². The van der Waals surface area contributed by atoms with Crippen LogP contribution in [-0.4, -0.2) is 23.9 Å². The SMILES string of the molecule is CCCC1=C(C(=O)OCC)C(c2ccc(SC3CCCCC3)cc2)NC(=O)N1. The molecule has 2 aliphatic rings. The number of ether oxygens (including phenoxy) is 1. The van der Waals surface area contributed by atoms with Gasteiger partial charge in [-0.15, -0.1) is 11.8 Å². The lowest BCUT2D eigenvalue weighted by molar-refractivity contribution is -0.139. The van der Waals surface area contributed by atoms with Gasteiger partial charge in [0, 0.05) is 15.8 Å². The standard InChI is InChI=1S/C22H30N2O3S/c1-3-8-18-19(21(25)27-4-2)20(24-22(26)23-18)15-11-13-17(14-12-15)28-16-9-6-5-7-10-16/h11-14,16,20H,3-10H2,1-2H3,(H2,23,24,26). The van der Waals surface area contributed by atoms with Crippen molar-refractivity contribution in [3.8, 4) is 0 Å². The van der Waals surface area contributed by atoms with Gasteiger partial charge in [0.2, 0.25) is 0 Å². The molecule has 2 amide bonds. The summed E-state index contributed by atoms with van der Waals surface area (Å²) in [6, 6.07) is 7.48. The Kier molecular flexibility index (Phi) is 7.43. The van der Waals surface area contributed by atoms with Crippen LogP contribution in [0.25, 0.3) is 0 Å². The second kappa shape index (κ2) is 10.0. The molecule has 1 saturated carbocycles. The average Bonchev–Trinajstić information content (AvgIpc) is 2.69. The van der Waals surface area contributed by atoms with Crippen molar-refractivity contribution in [2.24, 2.45) is 0 Å². The molecular weight excluding hydrogens is 372 g/mol. The lowest BCUT2D eigenvalue weighted by Gasteiger charge is -2.29. The third-order valence-corrected chi connectivity index (χ3v) is 6.57. The minimum atomic E-state index is -0.483. The topological polar surface area (TPSA) is 67.4 Å². The van der Waals surface area contributed by atoms with Crippen LogP contribution in [-0.2, 0) is 9.53 Å². The van der Waals surface area contributed by atoms with Gasteiger partial charge in [0.15, 0.2) is 0 Å². The number of nitrogens with one attached hydrogen (secondary N) is 2. The highest BCUT2D eigenvalue weighted by Gasteiger charge is 2.33. The average molecular weight is 403 g/mol. The highest BCUT2D eigenvalue weighted by atomic mass is 32.2. The van der Waals surface area contributed by atoms with Crippen molar-refractivity contribution >= 4 is 23.8 Å². The lowest BCUT2D eigenvalue weighted by atomic mass is 9.94. The summed E-state index contributed by atoms with van der Waals surface area (Å²) < 4.78 is 5.28. The van der Waals surface area contributed by atoms with Crippen LogP contribution in [0.5, 0.6) is 0 Å². The first-order valence-corrected chi connectivity index (χ1v) is 11.2. The summed E-state index contributed by atoms with van der Waals surface area (Å²) in [5.41, 5.74) is 2.07. The van der Waals surface area contributed by atoms with Crippen molar-refractivity contribution in [2.75, 3.05) is 6.61 Å². The molecule has 2 N–H and O–H groups in total. The van der Waals surface area contributed by atoms with Crippen LogP contribution in [0.3, 0.4) is 0 Å².